The number of fused-ring (bicyclic) bond motifs is 1. The van der Waals surface area contributed by atoms with Gasteiger partial charge < -0.3 is 4.74 Å². The van der Waals surface area contributed by atoms with E-state index in [4.69, 9.17) is 39.5 Å². The van der Waals surface area contributed by atoms with Gasteiger partial charge in [-0.1, -0.05) is 41.4 Å². The van der Waals surface area contributed by atoms with Gasteiger partial charge in [-0.05, 0) is 41.8 Å². The minimum absolute atomic E-state index is 0.230. The van der Waals surface area contributed by atoms with Crippen LogP contribution in [0.4, 0.5) is 0 Å². The second-order valence-electron chi connectivity index (χ2n) is 5.03. The second kappa shape index (κ2) is 5.48. The van der Waals surface area contributed by atoms with Crippen LogP contribution in [-0.2, 0) is 6.42 Å². The van der Waals surface area contributed by atoms with Crippen LogP contribution in [0.5, 0.6) is 5.75 Å². The molecule has 0 saturated heterocycles. The van der Waals surface area contributed by atoms with E-state index >= 15 is 0 Å². The SMILES string of the molecule is CC1Cc2cc(C(Cl)c3ccc(Cl)cc3Cl)ccc2O1. The summed E-state index contributed by atoms with van der Waals surface area (Å²) < 4.78 is 5.70. The lowest BCUT2D eigenvalue weighted by molar-refractivity contribution is 0.254. The predicted molar refractivity (Wildman–Crippen MR) is 84.4 cm³/mol. The molecule has 0 radical (unpaired) electrons. The maximum absolute atomic E-state index is 6.56. The van der Waals surface area contributed by atoms with Gasteiger partial charge in [-0.2, -0.15) is 0 Å². The first kappa shape index (κ1) is 14.1. The topological polar surface area (TPSA) is 9.23 Å². The van der Waals surface area contributed by atoms with Crippen LogP contribution in [0.15, 0.2) is 36.4 Å². The molecule has 0 N–H and O–H groups in total. The highest BCUT2D eigenvalue weighted by Gasteiger charge is 2.22. The Morgan fingerprint density at radius 1 is 1.15 bits per heavy atom. The molecule has 0 aliphatic carbocycles. The fourth-order valence-electron chi connectivity index (χ4n) is 2.49. The minimum Gasteiger partial charge on any atom is -0.490 e. The lowest BCUT2D eigenvalue weighted by atomic mass is 10.0. The van der Waals surface area contributed by atoms with Crippen LogP contribution in [0.2, 0.25) is 10.0 Å². The van der Waals surface area contributed by atoms with Gasteiger partial charge in [-0.15, -0.1) is 11.6 Å². The van der Waals surface area contributed by atoms with Crippen molar-refractivity contribution in [2.75, 3.05) is 0 Å². The van der Waals surface area contributed by atoms with Crippen LogP contribution >= 0.6 is 34.8 Å². The molecule has 2 unspecified atom stereocenters. The molecule has 0 spiro atoms. The summed E-state index contributed by atoms with van der Waals surface area (Å²) in [5, 5.41) is 0.905. The van der Waals surface area contributed by atoms with Crippen LogP contribution in [0.3, 0.4) is 0 Å². The molecule has 1 heterocycles. The molecule has 0 saturated carbocycles. The first-order chi connectivity index (χ1) is 9.54. The number of halogens is 3. The summed E-state index contributed by atoms with van der Waals surface area (Å²) in [6, 6.07) is 11.5. The van der Waals surface area contributed by atoms with Gasteiger partial charge in [0.25, 0.3) is 0 Å². The lowest BCUT2D eigenvalue weighted by Gasteiger charge is -2.13. The molecular weight excluding hydrogens is 315 g/mol. The normalized spacial score (nSPS) is 18.5. The van der Waals surface area contributed by atoms with E-state index in [2.05, 4.69) is 13.0 Å². The highest BCUT2D eigenvalue weighted by Crippen LogP contribution is 2.38. The number of benzene rings is 2. The van der Waals surface area contributed by atoms with Crippen LogP contribution in [-0.4, -0.2) is 6.10 Å². The van der Waals surface area contributed by atoms with Crippen molar-refractivity contribution in [3.63, 3.8) is 0 Å². The first-order valence-electron chi connectivity index (χ1n) is 6.43. The van der Waals surface area contributed by atoms with Crippen molar-refractivity contribution in [1.29, 1.82) is 0 Å². The summed E-state index contributed by atoms with van der Waals surface area (Å²) in [6.45, 7) is 2.06. The predicted octanol–water partition coefficient (Wildman–Crippen LogP) is 5.65. The first-order valence-corrected chi connectivity index (χ1v) is 7.62. The molecule has 104 valence electrons. The fraction of sp³-hybridized carbons (Fsp3) is 0.250. The van der Waals surface area contributed by atoms with Crippen molar-refractivity contribution < 1.29 is 4.74 Å². The molecule has 2 atom stereocenters. The number of hydrogen-bond donors (Lipinski definition) is 0. The van der Waals surface area contributed by atoms with Crippen molar-refractivity contribution in [2.45, 2.75) is 24.8 Å². The highest BCUT2D eigenvalue weighted by molar-refractivity contribution is 6.36. The van der Waals surface area contributed by atoms with Crippen LogP contribution < -0.4 is 4.74 Å². The van der Waals surface area contributed by atoms with Crippen molar-refractivity contribution in [1.82, 2.24) is 0 Å². The third-order valence-corrected chi connectivity index (χ3v) is 4.50. The zero-order valence-electron chi connectivity index (χ0n) is 10.9. The van der Waals surface area contributed by atoms with Crippen molar-refractivity contribution in [3.8, 4) is 5.75 Å². The smallest absolute Gasteiger partial charge is 0.123 e. The fourth-order valence-corrected chi connectivity index (χ4v) is 3.39. The van der Waals surface area contributed by atoms with Gasteiger partial charge in [0.15, 0.2) is 0 Å². The van der Waals surface area contributed by atoms with Gasteiger partial charge in [-0.25, -0.2) is 0 Å². The van der Waals surface area contributed by atoms with Crippen molar-refractivity contribution >= 4 is 34.8 Å². The Hall–Kier alpha value is -0.890. The summed E-state index contributed by atoms with van der Waals surface area (Å²) in [6.07, 6.45) is 1.15. The molecule has 4 heteroatoms. The quantitative estimate of drug-likeness (QED) is 0.648. The number of rotatable bonds is 2. The van der Waals surface area contributed by atoms with Gasteiger partial charge in [0.2, 0.25) is 0 Å². The van der Waals surface area contributed by atoms with E-state index in [-0.39, 0.29) is 11.5 Å². The Bertz CT molecular complexity index is 654. The van der Waals surface area contributed by atoms with E-state index in [1.807, 2.05) is 18.2 Å². The molecule has 3 rings (SSSR count). The Balaban J connectivity index is 1.95. The van der Waals surface area contributed by atoms with Gasteiger partial charge in [0.05, 0.1) is 5.38 Å². The van der Waals surface area contributed by atoms with Gasteiger partial charge in [-0.3, -0.25) is 0 Å². The van der Waals surface area contributed by atoms with Crippen molar-refractivity contribution in [2.24, 2.45) is 0 Å². The molecule has 0 amide bonds. The maximum atomic E-state index is 6.56. The monoisotopic (exact) mass is 326 g/mol. The summed E-state index contributed by atoms with van der Waals surface area (Å²) >= 11 is 18.7. The van der Waals surface area contributed by atoms with E-state index in [1.54, 1.807) is 12.1 Å². The molecule has 0 bridgehead atoms. The molecule has 0 fully saturated rings. The molecule has 2 aromatic carbocycles. The van der Waals surface area contributed by atoms with Gasteiger partial charge in [0.1, 0.15) is 11.9 Å². The van der Waals surface area contributed by atoms with Gasteiger partial charge in [0, 0.05) is 16.5 Å². The second-order valence-corrected chi connectivity index (χ2v) is 6.31. The Kier molecular flexibility index (Phi) is 3.85. The Morgan fingerprint density at radius 3 is 2.70 bits per heavy atom. The number of alkyl halides is 1. The van der Waals surface area contributed by atoms with E-state index in [0.717, 1.165) is 23.3 Å². The average molecular weight is 328 g/mol. The van der Waals surface area contributed by atoms with Crippen LogP contribution in [0.25, 0.3) is 0 Å². The van der Waals surface area contributed by atoms with Crippen LogP contribution in [0, 0.1) is 0 Å². The molecular formula is C16H13Cl3O. The van der Waals surface area contributed by atoms with E-state index < -0.39 is 0 Å². The minimum atomic E-state index is -0.291. The summed E-state index contributed by atoms with van der Waals surface area (Å²) in [7, 11) is 0. The highest BCUT2D eigenvalue weighted by atomic mass is 35.5. The summed E-state index contributed by atoms with van der Waals surface area (Å²) in [5.74, 6) is 0.951. The molecule has 20 heavy (non-hydrogen) atoms. The summed E-state index contributed by atoms with van der Waals surface area (Å²) in [4.78, 5) is 0. The van der Waals surface area contributed by atoms with E-state index in [9.17, 15) is 0 Å². The van der Waals surface area contributed by atoms with Crippen molar-refractivity contribution in [3.05, 3.63) is 63.1 Å². The molecule has 0 aromatic heterocycles. The number of ether oxygens (including phenoxy) is 1. The summed E-state index contributed by atoms with van der Waals surface area (Å²) in [5.41, 5.74) is 3.09. The molecule has 2 aromatic rings. The third kappa shape index (κ3) is 2.63. The largest absolute Gasteiger partial charge is 0.490 e. The van der Waals surface area contributed by atoms with Crippen LogP contribution in [0.1, 0.15) is 29.0 Å². The molecule has 1 nitrogen and oxygen atoms in total. The molecule has 1 aliphatic heterocycles. The standard InChI is InChI=1S/C16H13Cl3O/c1-9-6-11-7-10(2-5-15(11)20-9)16(19)13-4-3-12(17)8-14(13)18/h2-5,7-9,16H,6H2,1H3. The zero-order chi connectivity index (χ0) is 14.3. The maximum Gasteiger partial charge on any atom is 0.123 e. The van der Waals surface area contributed by atoms with E-state index in [1.165, 1.54) is 5.56 Å². The zero-order valence-corrected chi connectivity index (χ0v) is 13.1. The lowest BCUT2D eigenvalue weighted by Crippen LogP contribution is -2.05. The molecule has 1 aliphatic rings. The van der Waals surface area contributed by atoms with Gasteiger partial charge >= 0.3 is 0 Å². The third-order valence-electron chi connectivity index (χ3n) is 3.45. The Morgan fingerprint density at radius 2 is 1.95 bits per heavy atom. The number of hydrogen-bond acceptors (Lipinski definition) is 1. The average Bonchev–Trinajstić information content (AvgIpc) is 2.77. The van der Waals surface area contributed by atoms with E-state index in [0.29, 0.717) is 10.0 Å². The Labute approximate surface area is 133 Å².